The van der Waals surface area contributed by atoms with Crippen LogP contribution in [0.15, 0.2) is 40.9 Å². The predicted molar refractivity (Wildman–Crippen MR) is 76.6 cm³/mol. The number of benzene rings is 2. The Morgan fingerprint density at radius 2 is 1.95 bits per heavy atom. The van der Waals surface area contributed by atoms with Crippen molar-refractivity contribution in [2.24, 2.45) is 5.73 Å². The van der Waals surface area contributed by atoms with E-state index < -0.39 is 5.82 Å². The average molecular weight is 344 g/mol. The number of hydrogen-bond donors (Lipinski definition) is 2. The van der Waals surface area contributed by atoms with Crippen LogP contribution in [0.3, 0.4) is 0 Å². The van der Waals surface area contributed by atoms with Gasteiger partial charge in [0.15, 0.2) is 0 Å². The summed E-state index contributed by atoms with van der Waals surface area (Å²) in [5.74, 6) is 0.0367. The van der Waals surface area contributed by atoms with Gasteiger partial charge in [-0.25, -0.2) is 4.39 Å². The number of nitrogens with one attached hydrogen (secondary N) is 1. The third-order valence-corrected chi connectivity index (χ3v) is 3.24. The van der Waals surface area contributed by atoms with Crippen LogP contribution in [0.4, 0.5) is 4.39 Å². The molecule has 0 heterocycles. The maximum absolute atomic E-state index is 13.2. The normalized spacial score (nSPS) is 10.3. The largest absolute Gasteiger partial charge is 0.455 e. The van der Waals surface area contributed by atoms with Gasteiger partial charge in [-0.3, -0.25) is 5.41 Å². The number of halogens is 3. The number of rotatable bonds is 3. The maximum atomic E-state index is 13.2. The van der Waals surface area contributed by atoms with E-state index in [0.29, 0.717) is 26.6 Å². The van der Waals surface area contributed by atoms with Crippen molar-refractivity contribution in [2.45, 2.75) is 0 Å². The van der Waals surface area contributed by atoms with Crippen LogP contribution in [0.1, 0.15) is 5.56 Å². The van der Waals surface area contributed by atoms with E-state index in [1.54, 1.807) is 12.1 Å². The van der Waals surface area contributed by atoms with Crippen LogP contribution in [0.2, 0.25) is 5.02 Å². The van der Waals surface area contributed by atoms with Gasteiger partial charge in [0, 0.05) is 11.1 Å². The molecule has 0 spiro atoms. The zero-order valence-corrected chi connectivity index (χ0v) is 11.9. The molecule has 0 aliphatic heterocycles. The Kier molecular flexibility index (Phi) is 4.07. The lowest BCUT2D eigenvalue weighted by Crippen LogP contribution is -2.12. The Bertz CT molecular complexity index is 649. The number of amidine groups is 1. The first-order valence-corrected chi connectivity index (χ1v) is 6.41. The topological polar surface area (TPSA) is 59.1 Å². The van der Waals surface area contributed by atoms with E-state index in [4.69, 9.17) is 27.5 Å². The fraction of sp³-hybridized carbons (Fsp3) is 0. The highest BCUT2D eigenvalue weighted by Crippen LogP contribution is 2.33. The monoisotopic (exact) mass is 342 g/mol. The molecule has 0 aliphatic carbocycles. The van der Waals surface area contributed by atoms with Crippen molar-refractivity contribution in [3.63, 3.8) is 0 Å². The fourth-order valence-electron chi connectivity index (χ4n) is 1.48. The Balaban J connectivity index is 2.43. The molecule has 0 radical (unpaired) electrons. The van der Waals surface area contributed by atoms with Crippen LogP contribution in [-0.2, 0) is 0 Å². The molecule has 0 fully saturated rings. The first kappa shape index (κ1) is 13.8. The number of ether oxygens (including phenoxy) is 1. The summed E-state index contributed by atoms with van der Waals surface area (Å²) in [6, 6.07) is 8.79. The van der Waals surface area contributed by atoms with Crippen LogP contribution >= 0.6 is 27.5 Å². The van der Waals surface area contributed by atoms with Gasteiger partial charge in [-0.1, -0.05) is 11.6 Å². The molecule has 2 aromatic rings. The molecule has 3 nitrogen and oxygen atoms in total. The van der Waals surface area contributed by atoms with E-state index in [9.17, 15) is 4.39 Å². The van der Waals surface area contributed by atoms with Gasteiger partial charge < -0.3 is 10.5 Å². The van der Waals surface area contributed by atoms with E-state index in [2.05, 4.69) is 15.9 Å². The van der Waals surface area contributed by atoms with Crippen molar-refractivity contribution in [3.05, 3.63) is 57.3 Å². The molecular formula is C13H9BrClFN2O. The minimum absolute atomic E-state index is 0.176. The first-order chi connectivity index (χ1) is 8.97. The standard InChI is InChI=1S/C13H9BrClFN2O/c14-10-3-2-8(16)6-12(10)19-11-4-1-7(15)5-9(11)13(17)18/h1-6H,(H3,17,18). The Labute approximate surface area is 122 Å². The second kappa shape index (κ2) is 5.59. The SMILES string of the molecule is N=C(N)c1cc(Cl)ccc1Oc1cc(F)ccc1Br. The lowest BCUT2D eigenvalue weighted by atomic mass is 10.2. The smallest absolute Gasteiger partial charge is 0.144 e. The molecule has 0 aliphatic rings. The summed E-state index contributed by atoms with van der Waals surface area (Å²) in [6.45, 7) is 0. The molecule has 6 heteroatoms. The van der Waals surface area contributed by atoms with Gasteiger partial charge in [0.2, 0.25) is 0 Å². The lowest BCUT2D eigenvalue weighted by molar-refractivity contribution is 0.472. The quantitative estimate of drug-likeness (QED) is 0.644. The predicted octanol–water partition coefficient (Wildman–Crippen LogP) is 4.32. The molecule has 0 atom stereocenters. The summed E-state index contributed by atoms with van der Waals surface area (Å²) in [4.78, 5) is 0. The van der Waals surface area contributed by atoms with Gasteiger partial charge in [-0.2, -0.15) is 0 Å². The van der Waals surface area contributed by atoms with E-state index in [1.807, 2.05) is 0 Å². The van der Waals surface area contributed by atoms with Gasteiger partial charge in [-0.05, 0) is 46.3 Å². The van der Waals surface area contributed by atoms with Crippen LogP contribution in [-0.4, -0.2) is 5.84 Å². The molecule has 0 amide bonds. The van der Waals surface area contributed by atoms with Crippen LogP contribution in [0.5, 0.6) is 11.5 Å². The van der Waals surface area contributed by atoms with Gasteiger partial charge in [0.25, 0.3) is 0 Å². The molecule has 0 saturated heterocycles. The summed E-state index contributed by atoms with van der Waals surface area (Å²) in [5.41, 5.74) is 5.81. The van der Waals surface area contributed by atoms with Crippen molar-refractivity contribution in [3.8, 4) is 11.5 Å². The number of nitrogens with two attached hydrogens (primary N) is 1. The summed E-state index contributed by atoms with van der Waals surface area (Å²) >= 11 is 9.10. The van der Waals surface area contributed by atoms with Crippen molar-refractivity contribution < 1.29 is 9.13 Å². The maximum Gasteiger partial charge on any atom is 0.144 e. The summed E-state index contributed by atoms with van der Waals surface area (Å²) in [5, 5.41) is 7.93. The zero-order chi connectivity index (χ0) is 14.0. The van der Waals surface area contributed by atoms with Crippen LogP contribution in [0.25, 0.3) is 0 Å². The average Bonchev–Trinajstić information content (AvgIpc) is 2.35. The van der Waals surface area contributed by atoms with Gasteiger partial charge in [0.1, 0.15) is 23.2 Å². The van der Waals surface area contributed by atoms with E-state index >= 15 is 0 Å². The lowest BCUT2D eigenvalue weighted by Gasteiger charge is -2.12. The van der Waals surface area contributed by atoms with Gasteiger partial charge in [0.05, 0.1) is 10.0 Å². The number of hydrogen-bond acceptors (Lipinski definition) is 2. The third-order valence-electron chi connectivity index (χ3n) is 2.34. The minimum atomic E-state index is -0.420. The molecular weight excluding hydrogens is 335 g/mol. The molecule has 19 heavy (non-hydrogen) atoms. The molecule has 2 rings (SSSR count). The van der Waals surface area contributed by atoms with Crippen molar-refractivity contribution in [1.82, 2.24) is 0 Å². The van der Waals surface area contributed by atoms with Crippen LogP contribution < -0.4 is 10.5 Å². The van der Waals surface area contributed by atoms with Crippen molar-refractivity contribution in [2.75, 3.05) is 0 Å². The molecule has 2 aromatic carbocycles. The molecule has 0 bridgehead atoms. The first-order valence-electron chi connectivity index (χ1n) is 5.24. The summed E-state index contributed by atoms with van der Waals surface area (Å²) < 4.78 is 19.4. The minimum Gasteiger partial charge on any atom is -0.455 e. The molecule has 0 aromatic heterocycles. The van der Waals surface area contributed by atoms with Gasteiger partial charge >= 0.3 is 0 Å². The number of nitrogen functional groups attached to an aromatic ring is 1. The Morgan fingerprint density at radius 3 is 2.63 bits per heavy atom. The molecule has 98 valence electrons. The van der Waals surface area contributed by atoms with E-state index in [0.717, 1.165) is 0 Å². The third kappa shape index (κ3) is 3.24. The Hall–Kier alpha value is -1.59. The van der Waals surface area contributed by atoms with Crippen molar-refractivity contribution >= 4 is 33.4 Å². The molecule has 0 unspecified atom stereocenters. The van der Waals surface area contributed by atoms with Crippen molar-refractivity contribution in [1.29, 1.82) is 5.41 Å². The fourth-order valence-corrected chi connectivity index (χ4v) is 1.98. The highest BCUT2D eigenvalue weighted by molar-refractivity contribution is 9.10. The summed E-state index contributed by atoms with van der Waals surface area (Å²) in [7, 11) is 0. The highest BCUT2D eigenvalue weighted by atomic mass is 79.9. The zero-order valence-electron chi connectivity index (χ0n) is 9.58. The Morgan fingerprint density at radius 1 is 1.21 bits per heavy atom. The highest BCUT2D eigenvalue weighted by Gasteiger charge is 2.11. The van der Waals surface area contributed by atoms with Gasteiger partial charge in [-0.15, -0.1) is 0 Å². The second-order valence-electron chi connectivity index (χ2n) is 3.73. The second-order valence-corrected chi connectivity index (χ2v) is 5.02. The molecule has 3 N–H and O–H groups in total. The molecule has 0 saturated carbocycles. The van der Waals surface area contributed by atoms with E-state index in [-0.39, 0.29) is 5.84 Å². The summed E-state index contributed by atoms with van der Waals surface area (Å²) in [6.07, 6.45) is 0. The van der Waals surface area contributed by atoms with E-state index in [1.165, 1.54) is 24.3 Å². The van der Waals surface area contributed by atoms with Crippen LogP contribution in [0, 0.1) is 11.2 Å².